The summed E-state index contributed by atoms with van der Waals surface area (Å²) in [5.41, 5.74) is 2.40. The molecular formula is C14H20N4. The Morgan fingerprint density at radius 2 is 2.17 bits per heavy atom. The maximum absolute atomic E-state index is 4.17. The molecule has 0 aliphatic heterocycles. The minimum absolute atomic E-state index is 0.536. The van der Waals surface area contributed by atoms with Crippen LogP contribution in [-0.2, 0) is 13.1 Å². The molecule has 0 radical (unpaired) electrons. The van der Waals surface area contributed by atoms with Crippen LogP contribution in [0.4, 0.5) is 0 Å². The van der Waals surface area contributed by atoms with Gasteiger partial charge < -0.3 is 4.98 Å². The first-order valence-electron chi connectivity index (χ1n) is 6.39. The summed E-state index contributed by atoms with van der Waals surface area (Å²) in [7, 11) is 0. The molecular weight excluding hydrogens is 224 g/mol. The topological polar surface area (TPSA) is 44.8 Å². The molecule has 0 amide bonds. The van der Waals surface area contributed by atoms with Crippen LogP contribution in [0, 0.1) is 0 Å². The SMILES string of the molecule is CC[C@H](C)N(Cc1cccnc1)Cc1cnc[nH]1. The number of nitrogens with zero attached hydrogens (tertiary/aromatic N) is 3. The molecule has 0 saturated carbocycles. The van der Waals surface area contributed by atoms with E-state index in [-0.39, 0.29) is 0 Å². The van der Waals surface area contributed by atoms with Crippen molar-refractivity contribution in [2.24, 2.45) is 0 Å². The highest BCUT2D eigenvalue weighted by Crippen LogP contribution is 2.13. The first-order valence-corrected chi connectivity index (χ1v) is 6.39. The van der Waals surface area contributed by atoms with E-state index in [1.807, 2.05) is 24.7 Å². The fourth-order valence-electron chi connectivity index (χ4n) is 1.94. The van der Waals surface area contributed by atoms with E-state index in [0.29, 0.717) is 6.04 Å². The third-order valence-electron chi connectivity index (χ3n) is 3.25. The van der Waals surface area contributed by atoms with E-state index in [0.717, 1.165) is 25.2 Å². The molecule has 0 saturated heterocycles. The van der Waals surface area contributed by atoms with Gasteiger partial charge >= 0.3 is 0 Å². The number of hydrogen-bond donors (Lipinski definition) is 1. The number of aromatic nitrogens is 3. The van der Waals surface area contributed by atoms with Crippen LogP contribution in [0.15, 0.2) is 37.1 Å². The smallest absolute Gasteiger partial charge is 0.0922 e. The average Bonchev–Trinajstić information content (AvgIpc) is 2.91. The van der Waals surface area contributed by atoms with Gasteiger partial charge in [0.25, 0.3) is 0 Å². The molecule has 96 valence electrons. The Morgan fingerprint density at radius 1 is 1.28 bits per heavy atom. The van der Waals surface area contributed by atoms with Crippen molar-refractivity contribution in [3.63, 3.8) is 0 Å². The molecule has 0 aliphatic carbocycles. The summed E-state index contributed by atoms with van der Waals surface area (Å²) in [6, 6.07) is 4.64. The maximum atomic E-state index is 4.17. The van der Waals surface area contributed by atoms with E-state index in [1.54, 1.807) is 6.33 Å². The zero-order valence-electron chi connectivity index (χ0n) is 11.0. The van der Waals surface area contributed by atoms with Gasteiger partial charge in [-0.3, -0.25) is 9.88 Å². The summed E-state index contributed by atoms with van der Waals surface area (Å²) in [5, 5.41) is 0. The monoisotopic (exact) mass is 244 g/mol. The Morgan fingerprint density at radius 3 is 2.78 bits per heavy atom. The normalized spacial score (nSPS) is 12.8. The van der Waals surface area contributed by atoms with Crippen LogP contribution in [0.3, 0.4) is 0 Å². The minimum Gasteiger partial charge on any atom is -0.347 e. The lowest BCUT2D eigenvalue weighted by molar-refractivity contribution is 0.184. The van der Waals surface area contributed by atoms with E-state index in [4.69, 9.17) is 0 Å². The van der Waals surface area contributed by atoms with Gasteiger partial charge in [-0.2, -0.15) is 0 Å². The van der Waals surface area contributed by atoms with Crippen LogP contribution in [0.1, 0.15) is 31.5 Å². The standard InChI is InChI=1S/C14H20N4/c1-3-12(2)18(10-14-8-16-11-17-14)9-13-5-4-6-15-7-13/h4-8,11-12H,3,9-10H2,1-2H3,(H,16,17)/t12-/m0/s1. The summed E-state index contributed by atoms with van der Waals surface area (Å²) in [4.78, 5) is 13.8. The zero-order chi connectivity index (χ0) is 12.8. The highest BCUT2D eigenvalue weighted by Gasteiger charge is 2.13. The molecule has 4 heteroatoms. The third kappa shape index (κ3) is 3.40. The van der Waals surface area contributed by atoms with Gasteiger partial charge in [0.1, 0.15) is 0 Å². The predicted molar refractivity (Wildman–Crippen MR) is 71.8 cm³/mol. The molecule has 4 nitrogen and oxygen atoms in total. The summed E-state index contributed by atoms with van der Waals surface area (Å²) >= 11 is 0. The minimum atomic E-state index is 0.536. The number of rotatable bonds is 6. The Labute approximate surface area is 108 Å². The van der Waals surface area contributed by atoms with Crippen LogP contribution >= 0.6 is 0 Å². The lowest BCUT2D eigenvalue weighted by Gasteiger charge is -2.27. The molecule has 2 aromatic rings. The van der Waals surface area contributed by atoms with Gasteiger partial charge in [-0.05, 0) is 25.0 Å². The average molecular weight is 244 g/mol. The second kappa shape index (κ2) is 6.31. The maximum Gasteiger partial charge on any atom is 0.0922 e. The zero-order valence-corrected chi connectivity index (χ0v) is 11.0. The third-order valence-corrected chi connectivity index (χ3v) is 3.25. The quantitative estimate of drug-likeness (QED) is 0.849. The Balaban J connectivity index is 2.06. The van der Waals surface area contributed by atoms with Gasteiger partial charge in [0, 0.05) is 43.4 Å². The lowest BCUT2D eigenvalue weighted by atomic mass is 10.1. The number of hydrogen-bond acceptors (Lipinski definition) is 3. The van der Waals surface area contributed by atoms with Crippen molar-refractivity contribution < 1.29 is 0 Å². The second-order valence-corrected chi connectivity index (χ2v) is 4.60. The number of pyridine rings is 1. The summed E-state index contributed by atoms with van der Waals surface area (Å²) in [5.74, 6) is 0. The fourth-order valence-corrected chi connectivity index (χ4v) is 1.94. The van der Waals surface area contributed by atoms with Gasteiger partial charge in [-0.25, -0.2) is 4.98 Å². The van der Waals surface area contributed by atoms with Crippen LogP contribution in [0.5, 0.6) is 0 Å². The molecule has 2 rings (SSSR count). The molecule has 0 bridgehead atoms. The van der Waals surface area contributed by atoms with Gasteiger partial charge in [-0.15, -0.1) is 0 Å². The fraction of sp³-hybridized carbons (Fsp3) is 0.429. The largest absolute Gasteiger partial charge is 0.347 e. The molecule has 0 spiro atoms. The van der Waals surface area contributed by atoms with Gasteiger partial charge in [-0.1, -0.05) is 13.0 Å². The van der Waals surface area contributed by atoms with Gasteiger partial charge in [0.05, 0.1) is 6.33 Å². The molecule has 0 aliphatic rings. The molecule has 2 aromatic heterocycles. The van der Waals surface area contributed by atoms with Crippen molar-refractivity contribution in [3.8, 4) is 0 Å². The van der Waals surface area contributed by atoms with Crippen molar-refractivity contribution in [3.05, 3.63) is 48.3 Å². The molecule has 2 heterocycles. The van der Waals surface area contributed by atoms with Crippen LogP contribution in [-0.4, -0.2) is 25.9 Å². The molecule has 0 fully saturated rings. The van der Waals surface area contributed by atoms with Gasteiger partial charge in [0.15, 0.2) is 0 Å². The van der Waals surface area contributed by atoms with Gasteiger partial charge in [0.2, 0.25) is 0 Å². The van der Waals surface area contributed by atoms with Crippen molar-refractivity contribution in [1.29, 1.82) is 0 Å². The number of aromatic amines is 1. The molecule has 1 atom stereocenters. The second-order valence-electron chi connectivity index (χ2n) is 4.60. The van der Waals surface area contributed by atoms with E-state index in [1.165, 1.54) is 5.56 Å². The van der Waals surface area contributed by atoms with E-state index < -0.39 is 0 Å². The van der Waals surface area contributed by atoms with Crippen LogP contribution in [0.2, 0.25) is 0 Å². The Hall–Kier alpha value is -1.68. The van der Waals surface area contributed by atoms with Crippen molar-refractivity contribution in [2.45, 2.75) is 39.4 Å². The van der Waals surface area contributed by atoms with E-state index >= 15 is 0 Å². The van der Waals surface area contributed by atoms with E-state index in [2.05, 4.69) is 39.8 Å². The number of nitrogens with one attached hydrogen (secondary N) is 1. The highest BCUT2D eigenvalue weighted by molar-refractivity contribution is 5.09. The van der Waals surface area contributed by atoms with Crippen LogP contribution < -0.4 is 0 Å². The van der Waals surface area contributed by atoms with E-state index in [9.17, 15) is 0 Å². The summed E-state index contributed by atoms with van der Waals surface area (Å²) in [6.07, 6.45) is 8.50. The van der Waals surface area contributed by atoms with Crippen molar-refractivity contribution >= 4 is 0 Å². The lowest BCUT2D eigenvalue weighted by Crippen LogP contribution is -2.31. The molecule has 0 aromatic carbocycles. The number of imidazole rings is 1. The Bertz CT molecular complexity index is 438. The first-order chi connectivity index (χ1) is 8.79. The highest BCUT2D eigenvalue weighted by atomic mass is 15.2. The van der Waals surface area contributed by atoms with Crippen molar-refractivity contribution in [2.75, 3.05) is 0 Å². The Kier molecular flexibility index (Phi) is 4.47. The first kappa shape index (κ1) is 12.8. The summed E-state index contributed by atoms with van der Waals surface area (Å²) in [6.45, 7) is 6.28. The number of H-pyrrole nitrogens is 1. The van der Waals surface area contributed by atoms with Crippen LogP contribution in [0.25, 0.3) is 0 Å². The molecule has 0 unspecified atom stereocenters. The predicted octanol–water partition coefficient (Wildman–Crippen LogP) is 2.61. The van der Waals surface area contributed by atoms with Crippen molar-refractivity contribution in [1.82, 2.24) is 19.9 Å². The molecule has 18 heavy (non-hydrogen) atoms. The summed E-state index contributed by atoms with van der Waals surface area (Å²) < 4.78 is 0. The molecule has 1 N–H and O–H groups in total.